The van der Waals surface area contributed by atoms with Gasteiger partial charge in [-0.2, -0.15) is 0 Å². The summed E-state index contributed by atoms with van der Waals surface area (Å²) in [5.74, 6) is 0.0743. The van der Waals surface area contributed by atoms with E-state index in [2.05, 4.69) is 5.32 Å². The van der Waals surface area contributed by atoms with E-state index >= 15 is 0 Å². The van der Waals surface area contributed by atoms with Crippen molar-refractivity contribution in [3.8, 4) is 0 Å². The summed E-state index contributed by atoms with van der Waals surface area (Å²) >= 11 is 0. The number of carbonyl (C=O) groups excluding carboxylic acids is 1. The van der Waals surface area contributed by atoms with Gasteiger partial charge in [0, 0.05) is 0 Å². The van der Waals surface area contributed by atoms with Crippen LogP contribution < -0.4 is 11.1 Å². The van der Waals surface area contributed by atoms with Gasteiger partial charge in [0.2, 0.25) is 0 Å². The van der Waals surface area contributed by atoms with Crippen LogP contribution >= 0.6 is 0 Å². The van der Waals surface area contributed by atoms with Crippen LogP contribution in [0, 0.1) is 11.3 Å². The highest BCUT2D eigenvalue weighted by atomic mass is 16.6. The van der Waals surface area contributed by atoms with E-state index in [0.717, 1.165) is 6.42 Å². The van der Waals surface area contributed by atoms with E-state index in [4.69, 9.17) is 15.9 Å². The van der Waals surface area contributed by atoms with Gasteiger partial charge in [-0.3, -0.25) is 5.41 Å². The zero-order valence-corrected chi connectivity index (χ0v) is 10.8. The Kier molecular flexibility index (Phi) is 5.27. The maximum Gasteiger partial charge on any atom is 0.408 e. The number of amides is 1. The maximum absolute atomic E-state index is 11.5. The van der Waals surface area contributed by atoms with Gasteiger partial charge in [0.1, 0.15) is 11.4 Å². The minimum absolute atomic E-state index is 0.0415. The first-order valence-electron chi connectivity index (χ1n) is 5.50. The van der Waals surface area contributed by atoms with Crippen LogP contribution in [0.5, 0.6) is 0 Å². The van der Waals surface area contributed by atoms with Crippen molar-refractivity contribution in [2.45, 2.75) is 52.7 Å². The first kappa shape index (κ1) is 14.7. The number of rotatable bonds is 4. The van der Waals surface area contributed by atoms with Crippen molar-refractivity contribution in [2.75, 3.05) is 0 Å². The summed E-state index contributed by atoms with van der Waals surface area (Å²) in [5.41, 5.74) is 4.90. The van der Waals surface area contributed by atoms with Crippen molar-refractivity contribution >= 4 is 11.9 Å². The van der Waals surface area contributed by atoms with Gasteiger partial charge in [-0.05, 0) is 26.7 Å². The number of alkyl carbamates (subject to hydrolysis) is 1. The van der Waals surface area contributed by atoms with Crippen molar-refractivity contribution in [2.24, 2.45) is 11.7 Å². The molecule has 0 bridgehead atoms. The molecular formula is C11H23N3O2. The second-order valence-corrected chi connectivity index (χ2v) is 4.96. The van der Waals surface area contributed by atoms with E-state index in [9.17, 15) is 4.79 Å². The van der Waals surface area contributed by atoms with Crippen LogP contribution in [-0.4, -0.2) is 23.6 Å². The number of hydrogen-bond donors (Lipinski definition) is 3. The second kappa shape index (κ2) is 5.72. The Morgan fingerprint density at radius 1 is 1.50 bits per heavy atom. The van der Waals surface area contributed by atoms with Gasteiger partial charge < -0.3 is 15.8 Å². The summed E-state index contributed by atoms with van der Waals surface area (Å²) in [4.78, 5) is 11.5. The molecule has 16 heavy (non-hydrogen) atoms. The molecule has 4 N–H and O–H groups in total. The Balaban J connectivity index is 4.42. The number of amidine groups is 1. The number of nitrogens with one attached hydrogen (secondary N) is 2. The summed E-state index contributed by atoms with van der Waals surface area (Å²) in [6.07, 6.45) is 0.299. The minimum atomic E-state index is -0.541. The van der Waals surface area contributed by atoms with E-state index in [0.29, 0.717) is 0 Å². The molecule has 5 nitrogen and oxygen atoms in total. The first-order chi connectivity index (χ1) is 7.17. The molecular weight excluding hydrogens is 206 g/mol. The maximum atomic E-state index is 11.5. The smallest absolute Gasteiger partial charge is 0.408 e. The van der Waals surface area contributed by atoms with Crippen molar-refractivity contribution in [3.63, 3.8) is 0 Å². The molecule has 94 valence electrons. The molecule has 2 unspecified atom stereocenters. The molecule has 0 saturated carbocycles. The zero-order valence-electron chi connectivity index (χ0n) is 10.8. The van der Waals surface area contributed by atoms with Gasteiger partial charge in [0.05, 0.1) is 6.04 Å². The molecule has 0 aliphatic heterocycles. The summed E-state index contributed by atoms with van der Waals surface area (Å²) < 4.78 is 5.11. The Morgan fingerprint density at radius 3 is 2.31 bits per heavy atom. The van der Waals surface area contributed by atoms with Crippen LogP contribution in [0.15, 0.2) is 0 Å². The Labute approximate surface area is 97.2 Å². The topological polar surface area (TPSA) is 88.2 Å². The molecule has 0 saturated heterocycles. The molecule has 0 aliphatic carbocycles. The third kappa shape index (κ3) is 5.58. The standard InChI is InChI=1S/C11H23N3O2/c1-6-7(2)8(9(12)13)14-10(15)16-11(3,4)5/h7-8H,6H2,1-5H3,(H3,12,13)(H,14,15). The molecule has 0 aromatic rings. The van der Waals surface area contributed by atoms with Crippen molar-refractivity contribution in [1.29, 1.82) is 5.41 Å². The van der Waals surface area contributed by atoms with Crippen molar-refractivity contribution in [1.82, 2.24) is 5.32 Å². The summed E-state index contributed by atoms with van der Waals surface area (Å²) in [6.45, 7) is 9.29. The Morgan fingerprint density at radius 2 is 2.00 bits per heavy atom. The summed E-state index contributed by atoms with van der Waals surface area (Å²) in [6, 6.07) is -0.458. The van der Waals surface area contributed by atoms with Crippen LogP contribution in [0.25, 0.3) is 0 Å². The molecule has 1 amide bonds. The highest BCUT2D eigenvalue weighted by molar-refractivity contribution is 5.86. The predicted molar refractivity (Wildman–Crippen MR) is 64.5 cm³/mol. The number of nitrogens with two attached hydrogens (primary N) is 1. The molecule has 0 fully saturated rings. The van der Waals surface area contributed by atoms with Crippen LogP contribution in [0.2, 0.25) is 0 Å². The molecule has 0 rings (SSSR count). The molecule has 0 spiro atoms. The molecule has 0 aliphatic rings. The number of carbonyl (C=O) groups is 1. The van der Waals surface area contributed by atoms with Gasteiger partial charge in [-0.25, -0.2) is 4.79 Å². The molecule has 0 radical (unpaired) electrons. The lowest BCUT2D eigenvalue weighted by atomic mass is 9.98. The largest absolute Gasteiger partial charge is 0.444 e. The lowest BCUT2D eigenvalue weighted by Crippen LogP contribution is -2.49. The lowest BCUT2D eigenvalue weighted by Gasteiger charge is -2.26. The highest BCUT2D eigenvalue weighted by Crippen LogP contribution is 2.10. The van der Waals surface area contributed by atoms with Crippen molar-refractivity contribution in [3.05, 3.63) is 0 Å². The van der Waals surface area contributed by atoms with Crippen LogP contribution in [0.4, 0.5) is 4.79 Å². The number of ether oxygens (including phenoxy) is 1. The molecule has 0 heterocycles. The highest BCUT2D eigenvalue weighted by Gasteiger charge is 2.24. The molecule has 0 aromatic heterocycles. The first-order valence-corrected chi connectivity index (χ1v) is 5.50. The Bertz CT molecular complexity index is 258. The zero-order chi connectivity index (χ0) is 12.9. The van der Waals surface area contributed by atoms with Gasteiger partial charge in [0.15, 0.2) is 0 Å². The fourth-order valence-corrected chi connectivity index (χ4v) is 1.20. The third-order valence-electron chi connectivity index (χ3n) is 2.22. The van der Waals surface area contributed by atoms with E-state index in [1.54, 1.807) is 20.8 Å². The summed E-state index contributed by atoms with van der Waals surface area (Å²) in [7, 11) is 0. The fourth-order valence-electron chi connectivity index (χ4n) is 1.20. The number of hydrogen-bond acceptors (Lipinski definition) is 3. The molecule has 2 atom stereocenters. The average molecular weight is 229 g/mol. The predicted octanol–water partition coefficient (Wildman–Crippen LogP) is 1.86. The molecule has 5 heteroatoms. The van der Waals surface area contributed by atoms with Gasteiger partial charge >= 0.3 is 6.09 Å². The van der Waals surface area contributed by atoms with Crippen LogP contribution in [0.1, 0.15) is 41.0 Å². The van der Waals surface area contributed by atoms with Gasteiger partial charge in [-0.1, -0.05) is 20.3 Å². The van der Waals surface area contributed by atoms with Crippen LogP contribution in [-0.2, 0) is 4.74 Å². The van der Waals surface area contributed by atoms with Gasteiger partial charge in [0.25, 0.3) is 0 Å². The molecule has 0 aromatic carbocycles. The quantitative estimate of drug-likeness (QED) is 0.508. The van der Waals surface area contributed by atoms with Crippen molar-refractivity contribution < 1.29 is 9.53 Å². The average Bonchev–Trinajstić information content (AvgIpc) is 2.09. The second-order valence-electron chi connectivity index (χ2n) is 4.96. The van der Waals surface area contributed by atoms with E-state index in [-0.39, 0.29) is 11.8 Å². The fraction of sp³-hybridized carbons (Fsp3) is 0.818. The summed E-state index contributed by atoms with van der Waals surface area (Å²) in [5, 5.41) is 10.0. The van der Waals surface area contributed by atoms with Gasteiger partial charge in [-0.15, -0.1) is 0 Å². The minimum Gasteiger partial charge on any atom is -0.444 e. The van der Waals surface area contributed by atoms with E-state index < -0.39 is 17.7 Å². The van der Waals surface area contributed by atoms with E-state index in [1.807, 2.05) is 13.8 Å². The normalized spacial score (nSPS) is 15.1. The SMILES string of the molecule is CCC(C)C(NC(=O)OC(C)(C)C)C(=N)N. The Hall–Kier alpha value is -1.26. The van der Waals surface area contributed by atoms with Crippen LogP contribution in [0.3, 0.4) is 0 Å². The lowest BCUT2D eigenvalue weighted by molar-refractivity contribution is 0.0506. The third-order valence-corrected chi connectivity index (χ3v) is 2.22. The van der Waals surface area contributed by atoms with E-state index in [1.165, 1.54) is 0 Å². The monoisotopic (exact) mass is 229 g/mol.